The van der Waals surface area contributed by atoms with E-state index in [0.717, 1.165) is 31.6 Å². The van der Waals surface area contributed by atoms with Crippen molar-refractivity contribution in [3.8, 4) is 0 Å². The van der Waals surface area contributed by atoms with Crippen molar-refractivity contribution >= 4 is 38.3 Å². The highest BCUT2D eigenvalue weighted by molar-refractivity contribution is 7.89. The lowest BCUT2D eigenvalue weighted by Gasteiger charge is -2.36. The molecule has 1 aliphatic carbocycles. The molecular weight excluding hydrogens is 666 g/mol. The first-order valence-electron chi connectivity index (χ1n) is 17.2. The fourth-order valence-electron chi connectivity index (χ4n) is 7.15. The molecule has 2 fully saturated rings. The summed E-state index contributed by atoms with van der Waals surface area (Å²) in [7, 11) is -3.85. The fraction of sp³-hybridized carbons (Fsp3) is 0.556. The number of nitrogens with zero attached hydrogens (tertiary/aromatic N) is 5. The lowest BCUT2D eigenvalue weighted by Crippen LogP contribution is -2.46. The molecule has 0 aromatic heterocycles. The zero-order valence-corrected chi connectivity index (χ0v) is 31.1. The van der Waals surface area contributed by atoms with Crippen LogP contribution in [0.2, 0.25) is 0 Å². The highest BCUT2D eigenvalue weighted by Crippen LogP contribution is 2.30. The molecule has 2 heterocycles. The van der Waals surface area contributed by atoms with Gasteiger partial charge < -0.3 is 4.90 Å². The molecule has 2 aliphatic heterocycles. The topological polar surface area (TPSA) is 84.5 Å². The second kappa shape index (κ2) is 17.5. The average molecular weight is 720 g/mol. The molecule has 9 nitrogen and oxygen atoms in total. The van der Waals surface area contributed by atoms with Crippen LogP contribution in [-0.4, -0.2) is 101 Å². The maximum Gasteiger partial charge on any atom is 0.303 e. The third-order valence-corrected chi connectivity index (χ3v) is 13.6. The molecule has 48 heavy (non-hydrogen) atoms. The molecule has 3 aliphatic rings. The van der Waals surface area contributed by atoms with Gasteiger partial charge in [-0.15, -0.1) is 12.4 Å². The Balaban J connectivity index is 0.00000520. The predicted octanol–water partition coefficient (Wildman–Crippen LogP) is 5.95. The van der Waals surface area contributed by atoms with Crippen molar-refractivity contribution in [2.45, 2.75) is 62.2 Å². The molecule has 2 aromatic carbocycles. The summed E-state index contributed by atoms with van der Waals surface area (Å²) in [6, 6.07) is 17.2. The molecule has 0 radical (unpaired) electrons. The SMILES string of the molecule is C=C1CN(S(=O)(=O)c2ccc(N(C)C)cc2)CCCN(CC2CCCCC2)C/C=C\N(S(=O)(=O)N2CCC(c3ccccc3)CC2)C1.Cl. The molecule has 0 amide bonds. The average Bonchev–Trinajstić information content (AvgIpc) is 3.07. The number of hydrogen-bond donors (Lipinski definition) is 0. The molecule has 5 rings (SSSR count). The van der Waals surface area contributed by atoms with Crippen LogP contribution in [0.4, 0.5) is 5.69 Å². The number of anilines is 1. The number of sulfonamides is 1. The molecule has 1 saturated heterocycles. The van der Waals surface area contributed by atoms with Crippen molar-refractivity contribution < 1.29 is 16.8 Å². The van der Waals surface area contributed by atoms with Gasteiger partial charge in [0.1, 0.15) is 0 Å². The van der Waals surface area contributed by atoms with Gasteiger partial charge in [0.2, 0.25) is 10.0 Å². The van der Waals surface area contributed by atoms with E-state index >= 15 is 0 Å². The zero-order chi connectivity index (χ0) is 33.4. The molecule has 0 unspecified atom stereocenters. The van der Waals surface area contributed by atoms with Crippen molar-refractivity contribution in [1.82, 2.24) is 17.8 Å². The Bertz CT molecular complexity index is 1550. The summed E-state index contributed by atoms with van der Waals surface area (Å²) >= 11 is 0. The van der Waals surface area contributed by atoms with Crippen molar-refractivity contribution in [3.05, 3.63) is 84.6 Å². The molecule has 266 valence electrons. The first-order chi connectivity index (χ1) is 22.5. The van der Waals surface area contributed by atoms with Crippen LogP contribution in [0.5, 0.6) is 0 Å². The Hall–Kier alpha value is -2.41. The van der Waals surface area contributed by atoms with Gasteiger partial charge in [-0.2, -0.15) is 17.0 Å². The van der Waals surface area contributed by atoms with Crippen molar-refractivity contribution in [2.24, 2.45) is 5.92 Å². The highest BCUT2D eigenvalue weighted by atomic mass is 35.5. The summed E-state index contributed by atoms with van der Waals surface area (Å²) in [5, 5.41) is 0. The van der Waals surface area contributed by atoms with Crippen LogP contribution in [-0.2, 0) is 20.2 Å². The molecule has 2 aromatic rings. The number of benzene rings is 2. The summed E-state index contributed by atoms with van der Waals surface area (Å²) in [4.78, 5) is 4.53. The van der Waals surface area contributed by atoms with Crippen molar-refractivity contribution in [1.29, 1.82) is 0 Å². The summed E-state index contributed by atoms with van der Waals surface area (Å²) in [6.07, 6.45) is 12.1. The third-order valence-electron chi connectivity index (χ3n) is 9.88. The lowest BCUT2D eigenvalue weighted by atomic mass is 9.89. The van der Waals surface area contributed by atoms with E-state index in [2.05, 4.69) is 23.6 Å². The maximum absolute atomic E-state index is 14.1. The minimum atomic E-state index is -3.85. The van der Waals surface area contributed by atoms with Gasteiger partial charge in [-0.1, -0.05) is 62.2 Å². The Labute approximate surface area is 295 Å². The van der Waals surface area contributed by atoms with E-state index in [4.69, 9.17) is 0 Å². The Morgan fingerprint density at radius 2 is 1.44 bits per heavy atom. The third kappa shape index (κ3) is 9.85. The largest absolute Gasteiger partial charge is 0.378 e. The smallest absolute Gasteiger partial charge is 0.303 e. The minimum Gasteiger partial charge on any atom is -0.378 e. The maximum atomic E-state index is 14.1. The number of halogens is 1. The van der Waals surface area contributed by atoms with Crippen LogP contribution in [0.25, 0.3) is 0 Å². The zero-order valence-electron chi connectivity index (χ0n) is 28.6. The van der Waals surface area contributed by atoms with Gasteiger partial charge in [0.05, 0.1) is 11.4 Å². The van der Waals surface area contributed by atoms with Crippen molar-refractivity contribution in [2.75, 3.05) is 71.4 Å². The monoisotopic (exact) mass is 719 g/mol. The molecule has 12 heteroatoms. The number of piperidine rings is 1. The van der Waals surface area contributed by atoms with Crippen LogP contribution in [0.1, 0.15) is 62.8 Å². The Kier molecular flexibility index (Phi) is 14.0. The van der Waals surface area contributed by atoms with Gasteiger partial charge in [0.15, 0.2) is 0 Å². The second-order valence-corrected chi connectivity index (χ2v) is 17.4. The Morgan fingerprint density at radius 3 is 2.08 bits per heavy atom. The van der Waals surface area contributed by atoms with Crippen LogP contribution < -0.4 is 4.90 Å². The predicted molar refractivity (Wildman–Crippen MR) is 198 cm³/mol. The quantitative estimate of drug-likeness (QED) is 0.314. The standard InChI is InChI=1S/C36H53N5O4S2.ClH/c1-31-28-40(46(42,43)36-18-16-35(17-19-36)37(2)3)24-10-22-38(30-32-12-6-4-7-13-32)23-11-25-41(29-31)47(44,45)39-26-20-34(21-27-39)33-14-8-5-9-15-33;/h5,8-9,11,14-19,25,32,34H,1,4,6-7,10,12-13,20-24,26-30H2,2-3H3;1H/b25-11-;. The van der Waals surface area contributed by atoms with Crippen LogP contribution in [0, 0.1) is 5.92 Å². The fourth-order valence-corrected chi connectivity index (χ4v) is 10.2. The van der Waals surface area contributed by atoms with E-state index in [1.165, 1.54) is 46.3 Å². The molecule has 0 N–H and O–H groups in total. The van der Waals surface area contributed by atoms with E-state index in [-0.39, 0.29) is 30.4 Å². The van der Waals surface area contributed by atoms with E-state index in [1.807, 2.05) is 55.4 Å². The first kappa shape index (κ1) is 38.4. The number of rotatable bonds is 8. The van der Waals surface area contributed by atoms with Gasteiger partial charge >= 0.3 is 10.2 Å². The normalized spacial score (nSPS) is 21.5. The molecular formula is C36H54ClN5O4S2. The summed E-state index contributed by atoms with van der Waals surface area (Å²) < 4.78 is 60.7. The molecule has 0 spiro atoms. The Morgan fingerprint density at radius 1 is 0.771 bits per heavy atom. The molecule has 0 bridgehead atoms. The first-order valence-corrected chi connectivity index (χ1v) is 20.0. The van der Waals surface area contributed by atoms with E-state index in [0.29, 0.717) is 50.0 Å². The van der Waals surface area contributed by atoms with Gasteiger partial charge in [0.25, 0.3) is 0 Å². The van der Waals surface area contributed by atoms with E-state index < -0.39 is 20.2 Å². The lowest BCUT2D eigenvalue weighted by molar-refractivity contribution is 0.209. The van der Waals surface area contributed by atoms with Crippen LogP contribution in [0.3, 0.4) is 0 Å². The van der Waals surface area contributed by atoms with Gasteiger partial charge in [0, 0.05) is 65.3 Å². The molecule has 0 atom stereocenters. The van der Waals surface area contributed by atoms with E-state index in [9.17, 15) is 16.8 Å². The van der Waals surface area contributed by atoms with Gasteiger partial charge in [-0.05, 0) is 85.9 Å². The summed E-state index contributed by atoms with van der Waals surface area (Å²) in [5.74, 6) is 0.948. The summed E-state index contributed by atoms with van der Waals surface area (Å²) in [6.45, 7) is 7.78. The van der Waals surface area contributed by atoms with Crippen molar-refractivity contribution in [3.63, 3.8) is 0 Å². The van der Waals surface area contributed by atoms with Crippen LogP contribution in [0.15, 0.2) is 83.9 Å². The molecule has 1 saturated carbocycles. The van der Waals surface area contributed by atoms with Gasteiger partial charge in [-0.25, -0.2) is 8.42 Å². The van der Waals surface area contributed by atoms with Crippen LogP contribution >= 0.6 is 12.4 Å². The second-order valence-electron chi connectivity index (χ2n) is 13.6. The number of hydrogen-bond acceptors (Lipinski definition) is 6. The van der Waals surface area contributed by atoms with E-state index in [1.54, 1.807) is 22.6 Å². The minimum absolute atomic E-state index is 0. The highest BCUT2D eigenvalue weighted by Gasteiger charge is 2.33. The van der Waals surface area contributed by atoms with Gasteiger partial charge in [-0.3, -0.25) is 9.21 Å². The summed E-state index contributed by atoms with van der Waals surface area (Å²) in [5.41, 5.74) is 2.70.